The number of aliphatic hydroxyl groups is 1. The maximum Gasteiger partial charge on any atom is 0.432 e. The second kappa shape index (κ2) is 8.19. The first kappa shape index (κ1) is 20.8. The van der Waals surface area contributed by atoms with E-state index in [4.69, 9.17) is 4.74 Å². The fourth-order valence-electron chi connectivity index (χ4n) is 2.13. The maximum absolute atomic E-state index is 13.3. The second-order valence-electron chi connectivity index (χ2n) is 4.92. The molecule has 140 valence electrons. The number of carbonyl (C=O) groups excluding carboxylic acids is 2. The molecule has 0 fully saturated rings. The molecular formula is C16H20F3NO5. The molecule has 25 heavy (non-hydrogen) atoms. The molecule has 6 nitrogen and oxygen atoms in total. The lowest BCUT2D eigenvalue weighted by Crippen LogP contribution is -2.50. The summed E-state index contributed by atoms with van der Waals surface area (Å²) < 4.78 is 49.1. The van der Waals surface area contributed by atoms with E-state index in [0.717, 1.165) is 12.1 Å². The average Bonchev–Trinajstić information content (AvgIpc) is 2.54. The molecule has 0 aliphatic carbocycles. The minimum Gasteiger partial charge on any atom is -0.463 e. The molecule has 1 rings (SSSR count). The van der Waals surface area contributed by atoms with E-state index >= 15 is 0 Å². The fraction of sp³-hybridized carbons (Fsp3) is 0.500. The number of benzene rings is 1. The van der Waals surface area contributed by atoms with Crippen molar-refractivity contribution in [3.63, 3.8) is 0 Å². The SMILES string of the molecule is CCOC(=O)N(CC)c1ccc([C@@](O)(C(=O)OCC)C(F)(F)F)cc1. The molecule has 0 heterocycles. The fourth-order valence-corrected chi connectivity index (χ4v) is 2.13. The summed E-state index contributed by atoms with van der Waals surface area (Å²) in [6, 6.07) is 4.21. The van der Waals surface area contributed by atoms with Crippen LogP contribution in [-0.2, 0) is 19.9 Å². The summed E-state index contributed by atoms with van der Waals surface area (Å²) in [4.78, 5) is 24.7. The minimum absolute atomic E-state index is 0.143. The Labute approximate surface area is 143 Å². The van der Waals surface area contributed by atoms with Gasteiger partial charge in [0.25, 0.3) is 5.60 Å². The zero-order chi connectivity index (χ0) is 19.3. The van der Waals surface area contributed by atoms with Crippen LogP contribution < -0.4 is 4.90 Å². The van der Waals surface area contributed by atoms with Crippen molar-refractivity contribution in [2.75, 3.05) is 24.7 Å². The lowest BCUT2D eigenvalue weighted by Gasteiger charge is -2.29. The van der Waals surface area contributed by atoms with Gasteiger partial charge in [-0.2, -0.15) is 13.2 Å². The number of amides is 1. The van der Waals surface area contributed by atoms with Crippen molar-refractivity contribution >= 4 is 17.7 Å². The topological polar surface area (TPSA) is 76.1 Å². The highest BCUT2D eigenvalue weighted by Gasteiger charge is 2.62. The molecular weight excluding hydrogens is 343 g/mol. The summed E-state index contributed by atoms with van der Waals surface area (Å²) in [6.07, 6.45) is -5.93. The monoisotopic (exact) mass is 363 g/mol. The predicted octanol–water partition coefficient (Wildman–Crippen LogP) is 2.98. The van der Waals surface area contributed by atoms with Gasteiger partial charge in [0.2, 0.25) is 0 Å². The Bertz CT molecular complexity index is 603. The van der Waals surface area contributed by atoms with E-state index in [9.17, 15) is 27.9 Å². The van der Waals surface area contributed by atoms with Gasteiger partial charge >= 0.3 is 18.2 Å². The molecule has 0 aromatic heterocycles. The smallest absolute Gasteiger partial charge is 0.432 e. The van der Waals surface area contributed by atoms with Crippen molar-refractivity contribution in [2.24, 2.45) is 0 Å². The second-order valence-corrected chi connectivity index (χ2v) is 4.92. The first-order valence-electron chi connectivity index (χ1n) is 7.64. The Morgan fingerprint density at radius 1 is 1.04 bits per heavy atom. The first-order valence-corrected chi connectivity index (χ1v) is 7.64. The predicted molar refractivity (Wildman–Crippen MR) is 83.1 cm³/mol. The van der Waals surface area contributed by atoms with Gasteiger partial charge in [0.1, 0.15) is 0 Å². The maximum atomic E-state index is 13.3. The number of hydrogen-bond acceptors (Lipinski definition) is 5. The number of halogens is 3. The van der Waals surface area contributed by atoms with E-state index in [-0.39, 0.29) is 25.4 Å². The normalized spacial score (nSPS) is 13.7. The Hall–Kier alpha value is -2.29. The van der Waals surface area contributed by atoms with Crippen molar-refractivity contribution in [1.82, 2.24) is 0 Å². The largest absolute Gasteiger partial charge is 0.463 e. The van der Waals surface area contributed by atoms with Gasteiger partial charge in [-0.25, -0.2) is 9.59 Å². The van der Waals surface area contributed by atoms with Gasteiger partial charge in [-0.05, 0) is 32.9 Å². The van der Waals surface area contributed by atoms with E-state index in [2.05, 4.69) is 4.74 Å². The summed E-state index contributed by atoms with van der Waals surface area (Å²) >= 11 is 0. The van der Waals surface area contributed by atoms with Crippen LogP contribution in [0.25, 0.3) is 0 Å². The molecule has 1 aromatic rings. The molecule has 0 unspecified atom stereocenters. The average molecular weight is 363 g/mol. The van der Waals surface area contributed by atoms with E-state index in [1.54, 1.807) is 13.8 Å². The third-order valence-corrected chi connectivity index (χ3v) is 3.38. The number of rotatable bonds is 6. The number of esters is 1. The van der Waals surface area contributed by atoms with Gasteiger partial charge < -0.3 is 14.6 Å². The number of ether oxygens (including phenoxy) is 2. The van der Waals surface area contributed by atoms with Gasteiger partial charge in [-0.1, -0.05) is 12.1 Å². The first-order chi connectivity index (χ1) is 11.6. The summed E-state index contributed by atoms with van der Waals surface area (Å²) in [5.41, 5.74) is -4.23. The van der Waals surface area contributed by atoms with Crippen LogP contribution in [0.15, 0.2) is 24.3 Å². The van der Waals surface area contributed by atoms with Gasteiger partial charge in [0.15, 0.2) is 0 Å². The van der Waals surface area contributed by atoms with E-state index in [0.29, 0.717) is 0 Å². The number of anilines is 1. The molecule has 1 aromatic carbocycles. The van der Waals surface area contributed by atoms with Crippen LogP contribution in [0.2, 0.25) is 0 Å². The summed E-state index contributed by atoms with van der Waals surface area (Å²) in [6.45, 7) is 4.66. The lowest BCUT2D eigenvalue weighted by molar-refractivity contribution is -0.267. The van der Waals surface area contributed by atoms with Crippen LogP contribution in [0.3, 0.4) is 0 Å². The van der Waals surface area contributed by atoms with Gasteiger partial charge in [0.05, 0.1) is 13.2 Å². The Balaban J connectivity index is 3.25. The summed E-state index contributed by atoms with van der Waals surface area (Å²) in [5.74, 6) is -1.81. The molecule has 0 bridgehead atoms. The zero-order valence-corrected chi connectivity index (χ0v) is 14.1. The van der Waals surface area contributed by atoms with Crippen LogP contribution in [-0.4, -0.2) is 43.1 Å². The van der Waals surface area contributed by atoms with Crippen molar-refractivity contribution in [3.8, 4) is 0 Å². The highest BCUT2D eigenvalue weighted by molar-refractivity contribution is 5.88. The van der Waals surface area contributed by atoms with Crippen LogP contribution in [0.5, 0.6) is 0 Å². The van der Waals surface area contributed by atoms with E-state index in [1.807, 2.05) is 0 Å². The molecule has 0 aliphatic heterocycles. The Morgan fingerprint density at radius 2 is 1.56 bits per heavy atom. The molecule has 1 amide bonds. The minimum atomic E-state index is -5.27. The van der Waals surface area contributed by atoms with Gasteiger partial charge in [0, 0.05) is 17.8 Å². The van der Waals surface area contributed by atoms with Crippen LogP contribution in [0, 0.1) is 0 Å². The molecule has 0 saturated carbocycles. The van der Waals surface area contributed by atoms with Crippen molar-refractivity contribution in [2.45, 2.75) is 32.5 Å². The molecule has 0 saturated heterocycles. The molecule has 0 radical (unpaired) electrons. The third-order valence-electron chi connectivity index (χ3n) is 3.38. The van der Waals surface area contributed by atoms with E-state index in [1.165, 1.54) is 24.0 Å². The van der Waals surface area contributed by atoms with Crippen LogP contribution in [0.4, 0.5) is 23.7 Å². The molecule has 1 N–H and O–H groups in total. The zero-order valence-electron chi connectivity index (χ0n) is 14.1. The van der Waals surface area contributed by atoms with Gasteiger partial charge in [-0.15, -0.1) is 0 Å². The lowest BCUT2D eigenvalue weighted by atomic mass is 9.93. The van der Waals surface area contributed by atoms with Crippen LogP contribution in [0.1, 0.15) is 26.3 Å². The number of alkyl halides is 3. The highest BCUT2D eigenvalue weighted by atomic mass is 19.4. The van der Waals surface area contributed by atoms with Gasteiger partial charge in [-0.3, -0.25) is 4.90 Å². The van der Waals surface area contributed by atoms with Crippen molar-refractivity contribution in [1.29, 1.82) is 0 Å². The quantitative estimate of drug-likeness (QED) is 0.787. The summed E-state index contributed by atoms with van der Waals surface area (Å²) in [5, 5.41) is 9.99. The number of hydrogen-bond donors (Lipinski definition) is 1. The molecule has 9 heteroatoms. The van der Waals surface area contributed by atoms with Crippen LogP contribution >= 0.6 is 0 Å². The Morgan fingerprint density at radius 3 is 1.96 bits per heavy atom. The standard InChI is InChI=1S/C16H20F3NO5/c1-4-20(14(22)25-6-3)12-9-7-11(8-10-12)15(23,16(17,18)19)13(21)24-5-2/h7-10,23H,4-6H2,1-3H3/t15-/m1/s1. The third kappa shape index (κ3) is 4.22. The van der Waals surface area contributed by atoms with E-state index < -0.39 is 29.4 Å². The Kier molecular flexibility index (Phi) is 6.80. The van der Waals surface area contributed by atoms with Crippen molar-refractivity contribution in [3.05, 3.63) is 29.8 Å². The molecule has 0 spiro atoms. The van der Waals surface area contributed by atoms with Crippen molar-refractivity contribution < 1.29 is 37.3 Å². The molecule has 0 aliphatic rings. The highest BCUT2D eigenvalue weighted by Crippen LogP contribution is 2.40. The summed E-state index contributed by atoms with van der Waals surface area (Å²) in [7, 11) is 0. The number of carbonyl (C=O) groups is 2. The molecule has 1 atom stereocenters. The number of nitrogens with zero attached hydrogens (tertiary/aromatic N) is 1.